The summed E-state index contributed by atoms with van der Waals surface area (Å²) in [6, 6.07) is 12.1. The van der Waals surface area contributed by atoms with E-state index in [1.165, 1.54) is 0 Å². The maximum absolute atomic E-state index is 10.5. The van der Waals surface area contributed by atoms with Crippen LogP contribution >= 0.6 is 0 Å². The van der Waals surface area contributed by atoms with E-state index in [2.05, 4.69) is 6.07 Å². The molecular weight excluding hydrogens is 252 g/mol. The lowest BCUT2D eigenvalue weighted by atomic mass is 9.93. The molecule has 0 aliphatic heterocycles. The first-order valence-electron chi connectivity index (χ1n) is 6.97. The van der Waals surface area contributed by atoms with Crippen LogP contribution in [-0.2, 0) is 4.79 Å². The van der Waals surface area contributed by atoms with Gasteiger partial charge < -0.3 is 10.2 Å². The molecule has 2 aromatic carbocycles. The van der Waals surface area contributed by atoms with Gasteiger partial charge in [0.1, 0.15) is 0 Å². The van der Waals surface area contributed by atoms with E-state index in [1.807, 2.05) is 37.3 Å². The number of aliphatic carboxylic acids is 1. The minimum atomic E-state index is -0.777. The average Bonchev–Trinajstić information content (AvgIpc) is 2.43. The largest absolute Gasteiger partial charge is 0.481 e. The summed E-state index contributed by atoms with van der Waals surface area (Å²) in [4.78, 5) is 10.5. The number of aryl methyl sites for hydroxylation is 1. The van der Waals surface area contributed by atoms with E-state index in [9.17, 15) is 9.90 Å². The number of hydrogen-bond donors (Lipinski definition) is 2. The fourth-order valence-electron chi connectivity index (χ4n) is 2.61. The van der Waals surface area contributed by atoms with E-state index in [0.29, 0.717) is 12.8 Å². The zero-order valence-electron chi connectivity index (χ0n) is 11.7. The monoisotopic (exact) mass is 272 g/mol. The number of rotatable bonds is 6. The lowest BCUT2D eigenvalue weighted by Crippen LogP contribution is -2.02. The van der Waals surface area contributed by atoms with Crippen molar-refractivity contribution in [1.82, 2.24) is 0 Å². The minimum absolute atomic E-state index is 0.168. The molecule has 2 N–H and O–H groups in total. The normalized spacial score (nSPS) is 12.5. The molecule has 0 amide bonds. The van der Waals surface area contributed by atoms with Crippen molar-refractivity contribution in [3.8, 4) is 0 Å². The third-order valence-electron chi connectivity index (χ3n) is 3.64. The number of aliphatic hydroxyl groups excluding tert-OH is 1. The van der Waals surface area contributed by atoms with Crippen molar-refractivity contribution in [2.75, 3.05) is 0 Å². The van der Waals surface area contributed by atoms with E-state index in [-0.39, 0.29) is 6.42 Å². The number of unbranched alkanes of at least 4 members (excludes halogenated alkanes) is 1. The van der Waals surface area contributed by atoms with Crippen LogP contribution in [0.3, 0.4) is 0 Å². The molecule has 0 radical (unpaired) electrons. The molecule has 0 aliphatic rings. The van der Waals surface area contributed by atoms with Gasteiger partial charge in [0.15, 0.2) is 0 Å². The highest BCUT2D eigenvalue weighted by Gasteiger charge is 2.13. The highest BCUT2D eigenvalue weighted by Crippen LogP contribution is 2.30. The van der Waals surface area contributed by atoms with Gasteiger partial charge in [0, 0.05) is 6.42 Å². The first-order chi connectivity index (χ1) is 9.59. The second-order valence-electron chi connectivity index (χ2n) is 5.17. The summed E-state index contributed by atoms with van der Waals surface area (Å²) < 4.78 is 0. The van der Waals surface area contributed by atoms with Crippen LogP contribution in [0.5, 0.6) is 0 Å². The zero-order valence-corrected chi connectivity index (χ0v) is 11.7. The van der Waals surface area contributed by atoms with E-state index in [4.69, 9.17) is 5.11 Å². The lowest BCUT2D eigenvalue weighted by Gasteiger charge is -2.16. The Morgan fingerprint density at radius 3 is 2.65 bits per heavy atom. The number of hydrogen-bond acceptors (Lipinski definition) is 2. The fourth-order valence-corrected chi connectivity index (χ4v) is 2.61. The molecule has 0 heterocycles. The highest BCUT2D eigenvalue weighted by atomic mass is 16.4. The Labute approximate surface area is 118 Å². The van der Waals surface area contributed by atoms with E-state index in [1.54, 1.807) is 0 Å². The summed E-state index contributed by atoms with van der Waals surface area (Å²) in [7, 11) is 0. The number of carbonyl (C=O) groups is 1. The summed E-state index contributed by atoms with van der Waals surface area (Å²) in [6.45, 7) is 2.00. The molecule has 0 saturated heterocycles. The third-order valence-corrected chi connectivity index (χ3v) is 3.64. The lowest BCUT2D eigenvalue weighted by molar-refractivity contribution is -0.137. The predicted octanol–water partition coefficient (Wildman–Crippen LogP) is 3.83. The van der Waals surface area contributed by atoms with Crippen molar-refractivity contribution in [3.63, 3.8) is 0 Å². The van der Waals surface area contributed by atoms with Crippen molar-refractivity contribution < 1.29 is 15.0 Å². The molecular formula is C17H20O3. The molecule has 20 heavy (non-hydrogen) atoms. The molecule has 2 rings (SSSR count). The van der Waals surface area contributed by atoms with Crippen LogP contribution < -0.4 is 0 Å². The molecule has 0 bridgehead atoms. The van der Waals surface area contributed by atoms with Gasteiger partial charge in [-0.2, -0.15) is 0 Å². The Balaban J connectivity index is 2.15. The Bertz CT molecular complexity index is 604. The van der Waals surface area contributed by atoms with Crippen molar-refractivity contribution in [2.45, 2.75) is 38.7 Å². The third kappa shape index (κ3) is 3.36. The van der Waals surface area contributed by atoms with E-state index in [0.717, 1.165) is 28.3 Å². The van der Waals surface area contributed by atoms with Crippen LogP contribution in [-0.4, -0.2) is 16.2 Å². The van der Waals surface area contributed by atoms with Crippen LogP contribution in [0, 0.1) is 6.92 Å². The second kappa shape index (κ2) is 6.53. The number of carboxylic acids is 1. The van der Waals surface area contributed by atoms with Crippen LogP contribution in [0.15, 0.2) is 36.4 Å². The minimum Gasteiger partial charge on any atom is -0.481 e. The van der Waals surface area contributed by atoms with Crippen molar-refractivity contribution in [1.29, 1.82) is 0 Å². The Morgan fingerprint density at radius 1 is 1.15 bits per heavy atom. The Hall–Kier alpha value is -1.87. The predicted molar refractivity (Wildman–Crippen MR) is 79.7 cm³/mol. The van der Waals surface area contributed by atoms with Gasteiger partial charge in [-0.25, -0.2) is 0 Å². The Kier molecular flexibility index (Phi) is 4.74. The van der Waals surface area contributed by atoms with Gasteiger partial charge in [0.2, 0.25) is 0 Å². The number of carboxylic acid groups (broad SMARTS) is 1. The summed E-state index contributed by atoms with van der Waals surface area (Å²) >= 11 is 0. The molecule has 0 aromatic heterocycles. The molecule has 1 atom stereocenters. The van der Waals surface area contributed by atoms with Crippen LogP contribution in [0.25, 0.3) is 10.8 Å². The molecule has 3 nitrogen and oxygen atoms in total. The van der Waals surface area contributed by atoms with Crippen molar-refractivity contribution >= 4 is 16.7 Å². The number of fused-ring (bicyclic) bond motifs is 1. The van der Waals surface area contributed by atoms with E-state index < -0.39 is 12.1 Å². The Morgan fingerprint density at radius 2 is 1.90 bits per heavy atom. The SMILES string of the molecule is Cc1ccc2ccccc2c1C(O)CCCCC(=O)O. The van der Waals surface area contributed by atoms with Gasteiger partial charge in [0.05, 0.1) is 6.10 Å². The first-order valence-corrected chi connectivity index (χ1v) is 6.97. The van der Waals surface area contributed by atoms with Crippen LogP contribution in [0.4, 0.5) is 0 Å². The van der Waals surface area contributed by atoms with Gasteiger partial charge in [-0.3, -0.25) is 4.79 Å². The highest BCUT2D eigenvalue weighted by molar-refractivity contribution is 5.87. The maximum Gasteiger partial charge on any atom is 0.303 e. The summed E-state index contributed by atoms with van der Waals surface area (Å²) in [6.07, 6.45) is 1.56. The molecule has 3 heteroatoms. The molecule has 0 fully saturated rings. The molecule has 106 valence electrons. The summed E-state index contributed by atoms with van der Waals surface area (Å²) in [5.41, 5.74) is 2.05. The van der Waals surface area contributed by atoms with Gasteiger partial charge in [0.25, 0.3) is 0 Å². The number of aliphatic hydroxyl groups is 1. The molecule has 0 spiro atoms. The zero-order chi connectivity index (χ0) is 14.5. The van der Waals surface area contributed by atoms with Gasteiger partial charge in [-0.1, -0.05) is 36.4 Å². The van der Waals surface area contributed by atoms with E-state index >= 15 is 0 Å². The number of benzene rings is 2. The van der Waals surface area contributed by atoms with Crippen molar-refractivity contribution in [2.24, 2.45) is 0 Å². The summed E-state index contributed by atoms with van der Waals surface area (Å²) in [5.74, 6) is -0.777. The molecule has 2 aromatic rings. The maximum atomic E-state index is 10.5. The van der Waals surface area contributed by atoms with Gasteiger partial charge in [-0.15, -0.1) is 0 Å². The summed E-state index contributed by atoms with van der Waals surface area (Å²) in [5, 5.41) is 21.2. The van der Waals surface area contributed by atoms with Crippen molar-refractivity contribution in [3.05, 3.63) is 47.5 Å². The van der Waals surface area contributed by atoms with Crippen LogP contribution in [0.1, 0.15) is 42.9 Å². The standard InChI is InChI=1S/C17H20O3/c1-12-10-11-13-6-2-3-7-14(13)17(12)15(18)8-4-5-9-16(19)20/h2-3,6-7,10-11,15,18H,4-5,8-9H2,1H3,(H,19,20). The molecule has 1 unspecified atom stereocenters. The quantitative estimate of drug-likeness (QED) is 0.786. The van der Waals surface area contributed by atoms with Gasteiger partial charge in [-0.05, 0) is 48.1 Å². The topological polar surface area (TPSA) is 57.5 Å². The average molecular weight is 272 g/mol. The van der Waals surface area contributed by atoms with Crippen LogP contribution in [0.2, 0.25) is 0 Å². The van der Waals surface area contributed by atoms with Gasteiger partial charge >= 0.3 is 5.97 Å². The second-order valence-corrected chi connectivity index (χ2v) is 5.17. The molecule has 0 saturated carbocycles. The smallest absolute Gasteiger partial charge is 0.303 e. The fraction of sp³-hybridized carbons (Fsp3) is 0.353. The molecule has 0 aliphatic carbocycles. The first kappa shape index (κ1) is 14.5.